The van der Waals surface area contributed by atoms with Crippen LogP contribution >= 0.6 is 15.9 Å². The van der Waals surface area contributed by atoms with Gasteiger partial charge in [0.05, 0.1) is 11.3 Å². The maximum Gasteiger partial charge on any atom is 0.222 e. The summed E-state index contributed by atoms with van der Waals surface area (Å²) < 4.78 is 9.07. The molecule has 0 fully saturated rings. The Labute approximate surface area is 134 Å². The molecule has 0 unspecified atom stereocenters. The Morgan fingerprint density at radius 3 is 2.71 bits per heavy atom. The monoisotopic (exact) mass is 351 g/mol. The number of benzene rings is 1. The minimum Gasteiger partial charge on any atom is -0.439 e. The first-order chi connectivity index (χ1) is 9.93. The smallest absolute Gasteiger partial charge is 0.222 e. The van der Waals surface area contributed by atoms with Gasteiger partial charge in [-0.25, -0.2) is 4.68 Å². The number of aryl methyl sites for hydroxylation is 2. The van der Waals surface area contributed by atoms with E-state index in [1.807, 2.05) is 33.2 Å². The molecular weight excluding hydrogens is 330 g/mol. The molecule has 0 atom stereocenters. The van der Waals surface area contributed by atoms with Crippen molar-refractivity contribution in [2.75, 3.05) is 7.05 Å². The van der Waals surface area contributed by atoms with Crippen LogP contribution in [0.15, 0.2) is 22.7 Å². The van der Waals surface area contributed by atoms with Crippen LogP contribution < -0.4 is 10.1 Å². The Morgan fingerprint density at radius 2 is 2.10 bits per heavy atom. The molecule has 2 rings (SSSR count). The number of halogens is 1. The predicted octanol–water partition coefficient (Wildman–Crippen LogP) is 4.13. The predicted molar refractivity (Wildman–Crippen MR) is 89.0 cm³/mol. The highest BCUT2D eigenvalue weighted by Crippen LogP contribution is 2.34. The van der Waals surface area contributed by atoms with Crippen molar-refractivity contribution in [3.8, 4) is 11.6 Å². The van der Waals surface area contributed by atoms with E-state index in [0.29, 0.717) is 5.92 Å². The van der Waals surface area contributed by atoms with Crippen molar-refractivity contribution in [2.24, 2.45) is 7.05 Å². The molecule has 2 aromatic rings. The molecule has 4 nitrogen and oxygen atoms in total. The van der Waals surface area contributed by atoms with Gasteiger partial charge in [-0.05, 0) is 43.7 Å². The number of nitrogens with one attached hydrogen (secondary N) is 1. The van der Waals surface area contributed by atoms with Crippen LogP contribution in [0.5, 0.6) is 11.6 Å². The third-order valence-electron chi connectivity index (χ3n) is 3.44. The van der Waals surface area contributed by atoms with Crippen LogP contribution in [0.4, 0.5) is 0 Å². The molecule has 114 valence electrons. The molecule has 0 bridgehead atoms. The lowest BCUT2D eigenvalue weighted by atomic mass is 10.0. The Morgan fingerprint density at radius 1 is 1.38 bits per heavy atom. The number of rotatable bonds is 5. The Kier molecular flexibility index (Phi) is 5.06. The summed E-state index contributed by atoms with van der Waals surface area (Å²) in [6.07, 6.45) is 0. The van der Waals surface area contributed by atoms with Gasteiger partial charge in [0.15, 0.2) is 0 Å². The highest BCUT2D eigenvalue weighted by molar-refractivity contribution is 9.10. The number of hydrogen-bond acceptors (Lipinski definition) is 3. The minimum absolute atomic E-state index is 0.388. The first-order valence-corrected chi connectivity index (χ1v) is 7.87. The quantitative estimate of drug-likeness (QED) is 0.880. The molecule has 1 N–H and O–H groups in total. The van der Waals surface area contributed by atoms with Crippen molar-refractivity contribution >= 4 is 15.9 Å². The summed E-state index contributed by atoms with van der Waals surface area (Å²) in [6.45, 7) is 7.07. The second kappa shape index (κ2) is 6.62. The summed E-state index contributed by atoms with van der Waals surface area (Å²) in [4.78, 5) is 0. The number of hydrogen-bond donors (Lipinski definition) is 1. The van der Waals surface area contributed by atoms with E-state index in [4.69, 9.17) is 4.74 Å². The third kappa shape index (κ3) is 3.47. The van der Waals surface area contributed by atoms with Crippen molar-refractivity contribution in [2.45, 2.75) is 33.2 Å². The van der Waals surface area contributed by atoms with E-state index in [1.54, 1.807) is 4.68 Å². The summed E-state index contributed by atoms with van der Waals surface area (Å²) in [5.41, 5.74) is 3.27. The van der Waals surface area contributed by atoms with Gasteiger partial charge < -0.3 is 10.1 Å². The fourth-order valence-corrected chi connectivity index (χ4v) is 2.74. The molecule has 0 aliphatic rings. The zero-order valence-electron chi connectivity index (χ0n) is 13.2. The summed E-state index contributed by atoms with van der Waals surface area (Å²) in [7, 11) is 3.84. The van der Waals surface area contributed by atoms with Crippen LogP contribution in [-0.2, 0) is 13.6 Å². The largest absolute Gasteiger partial charge is 0.439 e. The fraction of sp³-hybridized carbons (Fsp3) is 0.438. The average Bonchev–Trinajstić information content (AvgIpc) is 2.68. The highest BCUT2D eigenvalue weighted by Gasteiger charge is 2.17. The van der Waals surface area contributed by atoms with Gasteiger partial charge in [0.25, 0.3) is 0 Å². The van der Waals surface area contributed by atoms with Crippen LogP contribution in [0.25, 0.3) is 0 Å². The molecule has 0 aliphatic heterocycles. The average molecular weight is 352 g/mol. The molecule has 0 amide bonds. The van der Waals surface area contributed by atoms with Crippen LogP contribution in [0.3, 0.4) is 0 Å². The number of nitrogens with zero attached hydrogens (tertiary/aromatic N) is 2. The zero-order valence-corrected chi connectivity index (χ0v) is 14.8. The van der Waals surface area contributed by atoms with Crippen molar-refractivity contribution in [3.63, 3.8) is 0 Å². The van der Waals surface area contributed by atoms with Gasteiger partial charge in [0.2, 0.25) is 5.88 Å². The van der Waals surface area contributed by atoms with Gasteiger partial charge in [-0.1, -0.05) is 29.8 Å². The molecule has 1 aromatic carbocycles. The Balaban J connectivity index is 2.43. The molecule has 0 spiro atoms. The Bertz CT molecular complexity index is 635. The van der Waals surface area contributed by atoms with E-state index in [1.165, 1.54) is 5.56 Å². The van der Waals surface area contributed by atoms with Crippen molar-refractivity contribution in [1.29, 1.82) is 0 Å². The van der Waals surface area contributed by atoms with Crippen molar-refractivity contribution in [1.82, 2.24) is 15.1 Å². The maximum absolute atomic E-state index is 6.20. The van der Waals surface area contributed by atoms with Gasteiger partial charge in [-0.3, -0.25) is 0 Å². The van der Waals surface area contributed by atoms with Gasteiger partial charge >= 0.3 is 0 Å². The normalized spacial score (nSPS) is 11.2. The molecule has 0 saturated heterocycles. The molecule has 0 radical (unpaired) electrons. The van der Waals surface area contributed by atoms with Gasteiger partial charge in [0, 0.05) is 18.1 Å². The number of ether oxygens (including phenoxy) is 1. The summed E-state index contributed by atoms with van der Waals surface area (Å²) in [5.74, 6) is 2.07. The first-order valence-electron chi connectivity index (χ1n) is 7.08. The van der Waals surface area contributed by atoms with E-state index < -0.39 is 0 Å². The minimum atomic E-state index is 0.388. The molecule has 0 saturated carbocycles. The van der Waals surface area contributed by atoms with Crippen LogP contribution in [0.1, 0.15) is 36.6 Å². The van der Waals surface area contributed by atoms with Gasteiger partial charge in [0.1, 0.15) is 5.75 Å². The van der Waals surface area contributed by atoms with Gasteiger partial charge in [-0.15, -0.1) is 0 Å². The van der Waals surface area contributed by atoms with E-state index in [-0.39, 0.29) is 0 Å². The van der Waals surface area contributed by atoms with Crippen LogP contribution in [0, 0.1) is 6.92 Å². The standard InChI is InChI=1S/C16H22BrN3O/c1-10(2)13-8-12(17)6-7-15(13)21-16-14(9-18-4)11(3)19-20(16)5/h6-8,10,18H,9H2,1-5H3. The molecule has 21 heavy (non-hydrogen) atoms. The lowest BCUT2D eigenvalue weighted by Gasteiger charge is -2.15. The Hall–Kier alpha value is -1.33. The third-order valence-corrected chi connectivity index (χ3v) is 3.94. The van der Waals surface area contributed by atoms with E-state index >= 15 is 0 Å². The summed E-state index contributed by atoms with van der Waals surface area (Å²) in [5, 5.41) is 7.63. The molecule has 5 heteroatoms. The SMILES string of the molecule is CNCc1c(C)nn(C)c1Oc1ccc(Br)cc1C(C)C. The lowest BCUT2D eigenvalue weighted by molar-refractivity contribution is 0.418. The van der Waals surface area contributed by atoms with Crippen LogP contribution in [0.2, 0.25) is 0 Å². The van der Waals surface area contributed by atoms with Crippen LogP contribution in [-0.4, -0.2) is 16.8 Å². The van der Waals surface area contributed by atoms with Crippen molar-refractivity contribution < 1.29 is 4.74 Å². The fourth-order valence-electron chi connectivity index (χ4n) is 2.36. The number of aromatic nitrogens is 2. The summed E-state index contributed by atoms with van der Waals surface area (Å²) in [6, 6.07) is 6.12. The van der Waals surface area contributed by atoms with Gasteiger partial charge in [-0.2, -0.15) is 5.10 Å². The molecule has 1 aromatic heterocycles. The van der Waals surface area contributed by atoms with E-state index in [9.17, 15) is 0 Å². The molecule has 0 aliphatic carbocycles. The maximum atomic E-state index is 6.20. The second-order valence-electron chi connectivity index (χ2n) is 5.46. The zero-order chi connectivity index (χ0) is 15.6. The van der Waals surface area contributed by atoms with Crippen molar-refractivity contribution in [3.05, 3.63) is 39.5 Å². The lowest BCUT2D eigenvalue weighted by Crippen LogP contribution is -2.07. The molecular formula is C16H22BrN3O. The highest BCUT2D eigenvalue weighted by atomic mass is 79.9. The second-order valence-corrected chi connectivity index (χ2v) is 6.38. The molecule has 1 heterocycles. The summed E-state index contributed by atoms with van der Waals surface area (Å²) >= 11 is 3.52. The van der Waals surface area contributed by atoms with E-state index in [0.717, 1.165) is 33.9 Å². The topological polar surface area (TPSA) is 39.1 Å². The first kappa shape index (κ1) is 16.0. The van der Waals surface area contributed by atoms with E-state index in [2.05, 4.69) is 46.3 Å².